The molecule has 2 N–H and O–H groups in total. The highest BCUT2D eigenvalue weighted by Gasteiger charge is 2.13. The van der Waals surface area contributed by atoms with E-state index in [-0.39, 0.29) is 17.9 Å². The van der Waals surface area contributed by atoms with Gasteiger partial charge in [-0.2, -0.15) is 0 Å². The first-order valence-electron chi connectivity index (χ1n) is 9.36. The molecule has 28 heavy (non-hydrogen) atoms. The SMILES string of the molecule is Cc1ccc2[nH]c(=O)c(CCNC(=O)Cc3ccc4c(c3)OCCO4)cc2c1. The van der Waals surface area contributed by atoms with Gasteiger partial charge in [-0.3, -0.25) is 9.59 Å². The van der Waals surface area contributed by atoms with Gasteiger partial charge in [-0.1, -0.05) is 17.7 Å². The molecule has 1 aliphatic heterocycles. The first kappa shape index (κ1) is 18.1. The van der Waals surface area contributed by atoms with Gasteiger partial charge >= 0.3 is 0 Å². The lowest BCUT2D eigenvalue weighted by Gasteiger charge is -2.18. The van der Waals surface area contributed by atoms with Gasteiger partial charge in [-0.05, 0) is 54.6 Å². The standard InChI is InChI=1S/C22H22N2O4/c1-14-2-4-18-17(10-14)13-16(22(26)24-18)6-7-23-21(25)12-15-3-5-19-20(11-15)28-9-8-27-19/h2-5,10-11,13H,6-9,12H2,1H3,(H,23,25)(H,24,26). The summed E-state index contributed by atoms with van der Waals surface area (Å²) in [5, 5.41) is 3.88. The molecule has 1 aromatic heterocycles. The van der Waals surface area contributed by atoms with E-state index in [4.69, 9.17) is 9.47 Å². The number of aromatic amines is 1. The van der Waals surface area contributed by atoms with E-state index in [9.17, 15) is 9.59 Å². The van der Waals surface area contributed by atoms with E-state index in [1.165, 1.54) is 0 Å². The number of carbonyl (C=O) groups excluding carboxylic acids is 1. The van der Waals surface area contributed by atoms with Crippen molar-refractivity contribution < 1.29 is 14.3 Å². The summed E-state index contributed by atoms with van der Waals surface area (Å²) in [6.45, 7) is 3.48. The molecule has 0 fully saturated rings. The second-order valence-electron chi connectivity index (χ2n) is 6.97. The third kappa shape index (κ3) is 4.01. The maximum Gasteiger partial charge on any atom is 0.251 e. The molecule has 0 bridgehead atoms. The molecule has 3 aromatic rings. The number of nitrogens with one attached hydrogen (secondary N) is 2. The number of fused-ring (bicyclic) bond motifs is 2. The van der Waals surface area contributed by atoms with E-state index in [0.29, 0.717) is 43.2 Å². The molecule has 0 spiro atoms. The number of rotatable bonds is 5. The lowest BCUT2D eigenvalue weighted by Crippen LogP contribution is -2.28. The van der Waals surface area contributed by atoms with Gasteiger partial charge in [0, 0.05) is 17.6 Å². The summed E-state index contributed by atoms with van der Waals surface area (Å²) in [7, 11) is 0. The fourth-order valence-electron chi connectivity index (χ4n) is 3.34. The largest absolute Gasteiger partial charge is 0.486 e. The number of benzene rings is 2. The van der Waals surface area contributed by atoms with Crippen LogP contribution in [0.4, 0.5) is 0 Å². The summed E-state index contributed by atoms with van der Waals surface area (Å²) < 4.78 is 11.0. The van der Waals surface area contributed by atoms with Crippen LogP contribution in [0.5, 0.6) is 11.5 Å². The van der Waals surface area contributed by atoms with Crippen LogP contribution >= 0.6 is 0 Å². The number of hydrogen-bond acceptors (Lipinski definition) is 4. The Bertz CT molecular complexity index is 1090. The molecule has 0 radical (unpaired) electrons. The van der Waals surface area contributed by atoms with Crippen LogP contribution in [0.25, 0.3) is 10.9 Å². The molecular formula is C22H22N2O4. The highest BCUT2D eigenvalue weighted by atomic mass is 16.6. The van der Waals surface area contributed by atoms with Gasteiger partial charge in [0.25, 0.3) is 5.56 Å². The summed E-state index contributed by atoms with van der Waals surface area (Å²) in [6.07, 6.45) is 0.732. The minimum Gasteiger partial charge on any atom is -0.486 e. The van der Waals surface area contributed by atoms with E-state index in [0.717, 1.165) is 22.0 Å². The Morgan fingerprint density at radius 2 is 1.89 bits per heavy atom. The number of ether oxygens (including phenoxy) is 2. The van der Waals surface area contributed by atoms with Gasteiger partial charge in [0.15, 0.2) is 11.5 Å². The molecule has 2 heterocycles. The molecule has 1 amide bonds. The van der Waals surface area contributed by atoms with Crippen LogP contribution in [0.1, 0.15) is 16.7 Å². The summed E-state index contributed by atoms with van der Waals surface area (Å²) in [4.78, 5) is 27.4. The number of pyridine rings is 1. The number of hydrogen-bond donors (Lipinski definition) is 2. The van der Waals surface area contributed by atoms with Crippen molar-refractivity contribution in [1.82, 2.24) is 10.3 Å². The second kappa shape index (κ2) is 7.76. The molecule has 0 aliphatic carbocycles. The molecule has 0 unspecified atom stereocenters. The van der Waals surface area contributed by atoms with Crippen molar-refractivity contribution in [3.8, 4) is 11.5 Å². The van der Waals surface area contributed by atoms with Gasteiger partial charge in [0.05, 0.1) is 6.42 Å². The van der Waals surface area contributed by atoms with E-state index < -0.39 is 0 Å². The first-order chi connectivity index (χ1) is 13.6. The Hall–Kier alpha value is -3.28. The molecule has 0 saturated carbocycles. The fourth-order valence-corrected chi connectivity index (χ4v) is 3.34. The summed E-state index contributed by atoms with van der Waals surface area (Å²) >= 11 is 0. The molecule has 0 atom stereocenters. The summed E-state index contributed by atoms with van der Waals surface area (Å²) in [5.41, 5.74) is 3.37. The Morgan fingerprint density at radius 1 is 1.07 bits per heavy atom. The topological polar surface area (TPSA) is 80.4 Å². The average molecular weight is 378 g/mol. The number of aryl methyl sites for hydroxylation is 1. The zero-order valence-corrected chi connectivity index (χ0v) is 15.7. The van der Waals surface area contributed by atoms with Crippen LogP contribution in [0.2, 0.25) is 0 Å². The smallest absolute Gasteiger partial charge is 0.251 e. The van der Waals surface area contributed by atoms with E-state index >= 15 is 0 Å². The zero-order chi connectivity index (χ0) is 19.5. The Labute approximate surface area is 162 Å². The molecule has 2 aromatic carbocycles. The van der Waals surface area contributed by atoms with E-state index in [1.54, 1.807) is 0 Å². The number of aromatic nitrogens is 1. The molecule has 6 nitrogen and oxygen atoms in total. The molecule has 0 saturated heterocycles. The van der Waals surface area contributed by atoms with Gasteiger partial charge in [-0.25, -0.2) is 0 Å². The molecule has 6 heteroatoms. The number of amides is 1. The summed E-state index contributed by atoms with van der Waals surface area (Å²) in [5.74, 6) is 1.29. The number of H-pyrrole nitrogens is 1. The van der Waals surface area contributed by atoms with Crippen LogP contribution in [0, 0.1) is 6.92 Å². The monoisotopic (exact) mass is 378 g/mol. The lowest BCUT2D eigenvalue weighted by molar-refractivity contribution is -0.120. The van der Waals surface area contributed by atoms with Crippen LogP contribution in [-0.2, 0) is 17.6 Å². The van der Waals surface area contributed by atoms with E-state index in [2.05, 4.69) is 10.3 Å². The molecule has 4 rings (SSSR count). The van der Waals surface area contributed by atoms with Crippen molar-refractivity contribution >= 4 is 16.8 Å². The van der Waals surface area contributed by atoms with Crippen LogP contribution in [0.3, 0.4) is 0 Å². The normalized spacial score (nSPS) is 12.8. The third-order valence-corrected chi connectivity index (χ3v) is 4.76. The fraction of sp³-hybridized carbons (Fsp3) is 0.273. The van der Waals surface area contributed by atoms with Crippen molar-refractivity contribution in [2.45, 2.75) is 19.8 Å². The van der Waals surface area contributed by atoms with Gasteiger partial charge in [0.2, 0.25) is 5.91 Å². The predicted molar refractivity (Wildman–Crippen MR) is 107 cm³/mol. The molecule has 1 aliphatic rings. The minimum atomic E-state index is -0.113. The van der Waals surface area contributed by atoms with Crippen LogP contribution in [0.15, 0.2) is 47.3 Å². The van der Waals surface area contributed by atoms with Crippen molar-refractivity contribution in [1.29, 1.82) is 0 Å². The van der Waals surface area contributed by atoms with Gasteiger partial charge in [0.1, 0.15) is 13.2 Å². The lowest BCUT2D eigenvalue weighted by atomic mass is 10.1. The predicted octanol–water partition coefficient (Wildman–Crippen LogP) is 2.51. The Morgan fingerprint density at radius 3 is 2.75 bits per heavy atom. The maximum atomic E-state index is 12.2. The summed E-state index contributed by atoms with van der Waals surface area (Å²) in [6, 6.07) is 13.3. The average Bonchev–Trinajstić information content (AvgIpc) is 2.68. The molecular weight excluding hydrogens is 356 g/mol. The highest BCUT2D eigenvalue weighted by Crippen LogP contribution is 2.30. The number of carbonyl (C=O) groups is 1. The van der Waals surface area contributed by atoms with Crippen LogP contribution in [-0.4, -0.2) is 30.6 Å². The zero-order valence-electron chi connectivity index (χ0n) is 15.7. The maximum absolute atomic E-state index is 12.2. The Kier molecular flexibility index (Phi) is 5.02. The van der Waals surface area contributed by atoms with Crippen molar-refractivity contribution in [3.63, 3.8) is 0 Å². The van der Waals surface area contributed by atoms with Gasteiger partial charge in [-0.15, -0.1) is 0 Å². The van der Waals surface area contributed by atoms with Crippen LogP contribution < -0.4 is 20.3 Å². The minimum absolute atomic E-state index is 0.0928. The Balaban J connectivity index is 1.36. The van der Waals surface area contributed by atoms with Crippen molar-refractivity contribution in [2.24, 2.45) is 0 Å². The highest BCUT2D eigenvalue weighted by molar-refractivity contribution is 5.80. The van der Waals surface area contributed by atoms with Crippen molar-refractivity contribution in [3.05, 3.63) is 69.5 Å². The third-order valence-electron chi connectivity index (χ3n) is 4.76. The van der Waals surface area contributed by atoms with E-state index in [1.807, 2.05) is 49.4 Å². The first-order valence-corrected chi connectivity index (χ1v) is 9.36. The second-order valence-corrected chi connectivity index (χ2v) is 6.97. The molecule has 144 valence electrons. The van der Waals surface area contributed by atoms with Gasteiger partial charge < -0.3 is 19.8 Å². The quantitative estimate of drug-likeness (QED) is 0.715. The van der Waals surface area contributed by atoms with Crippen molar-refractivity contribution in [2.75, 3.05) is 19.8 Å².